The highest BCUT2D eigenvalue weighted by atomic mass is 19.1. The Bertz CT molecular complexity index is 539. The minimum atomic E-state index is -0.107. The molecule has 0 fully saturated rings. The fourth-order valence-electron chi connectivity index (χ4n) is 2.51. The van der Waals surface area contributed by atoms with Crippen LogP contribution in [0.4, 0.5) is 4.39 Å². The van der Waals surface area contributed by atoms with E-state index < -0.39 is 0 Å². The SMILES string of the molecule is CC(NC1CCc2c(F)cccc21)c1nn[nH]n1. The van der Waals surface area contributed by atoms with E-state index in [1.165, 1.54) is 6.07 Å². The van der Waals surface area contributed by atoms with Gasteiger partial charge in [0, 0.05) is 6.04 Å². The van der Waals surface area contributed by atoms with E-state index in [1.807, 2.05) is 13.0 Å². The van der Waals surface area contributed by atoms with Gasteiger partial charge in [0.25, 0.3) is 0 Å². The Balaban J connectivity index is 1.79. The van der Waals surface area contributed by atoms with Gasteiger partial charge in [0.15, 0.2) is 5.82 Å². The molecule has 2 unspecified atom stereocenters. The standard InChI is InChI=1S/C12H14FN5/c1-7(12-15-17-18-16-12)14-11-6-5-8-9(11)3-2-4-10(8)13/h2-4,7,11,14H,5-6H2,1H3,(H,15,16,17,18). The summed E-state index contributed by atoms with van der Waals surface area (Å²) in [5, 5.41) is 17.3. The van der Waals surface area contributed by atoms with Gasteiger partial charge < -0.3 is 5.32 Å². The summed E-state index contributed by atoms with van der Waals surface area (Å²) in [5.74, 6) is 0.517. The quantitative estimate of drug-likeness (QED) is 0.866. The van der Waals surface area contributed by atoms with E-state index in [0.29, 0.717) is 5.82 Å². The summed E-state index contributed by atoms with van der Waals surface area (Å²) in [4.78, 5) is 0. The molecule has 1 aromatic carbocycles. The second kappa shape index (κ2) is 4.45. The molecule has 0 amide bonds. The Labute approximate surface area is 104 Å². The Hall–Kier alpha value is -1.82. The van der Waals surface area contributed by atoms with Crippen LogP contribution in [-0.4, -0.2) is 20.6 Å². The largest absolute Gasteiger partial charge is 0.300 e. The normalized spacial score (nSPS) is 19.8. The maximum absolute atomic E-state index is 13.6. The molecule has 5 nitrogen and oxygen atoms in total. The molecule has 0 bridgehead atoms. The van der Waals surface area contributed by atoms with Crippen molar-refractivity contribution in [2.24, 2.45) is 0 Å². The van der Waals surface area contributed by atoms with E-state index in [1.54, 1.807) is 6.07 Å². The number of benzene rings is 1. The third kappa shape index (κ3) is 1.88. The first-order chi connectivity index (χ1) is 8.75. The molecule has 0 radical (unpaired) electrons. The van der Waals surface area contributed by atoms with Gasteiger partial charge in [0.05, 0.1) is 6.04 Å². The van der Waals surface area contributed by atoms with Gasteiger partial charge >= 0.3 is 0 Å². The number of rotatable bonds is 3. The molecule has 18 heavy (non-hydrogen) atoms. The molecule has 0 saturated carbocycles. The average Bonchev–Trinajstić information content (AvgIpc) is 2.99. The first-order valence-electron chi connectivity index (χ1n) is 6.02. The average molecular weight is 247 g/mol. The van der Waals surface area contributed by atoms with Crippen LogP contribution >= 0.6 is 0 Å². The zero-order chi connectivity index (χ0) is 12.5. The van der Waals surface area contributed by atoms with Crippen LogP contribution in [0.1, 0.15) is 42.4 Å². The van der Waals surface area contributed by atoms with E-state index in [9.17, 15) is 4.39 Å². The Morgan fingerprint density at radius 1 is 1.50 bits per heavy atom. The lowest BCUT2D eigenvalue weighted by Gasteiger charge is -2.17. The van der Waals surface area contributed by atoms with Gasteiger partial charge in [-0.1, -0.05) is 17.3 Å². The minimum Gasteiger partial charge on any atom is -0.300 e. The lowest BCUT2D eigenvalue weighted by Crippen LogP contribution is -2.24. The number of fused-ring (bicyclic) bond motifs is 1. The molecule has 1 aromatic heterocycles. The predicted molar refractivity (Wildman–Crippen MR) is 63.2 cm³/mol. The topological polar surface area (TPSA) is 66.5 Å². The first-order valence-corrected chi connectivity index (χ1v) is 6.02. The maximum Gasteiger partial charge on any atom is 0.191 e. The van der Waals surface area contributed by atoms with E-state index in [2.05, 4.69) is 25.9 Å². The molecule has 1 aliphatic rings. The van der Waals surface area contributed by atoms with Gasteiger partial charge in [0.2, 0.25) is 0 Å². The van der Waals surface area contributed by atoms with Gasteiger partial charge in [-0.25, -0.2) is 4.39 Å². The summed E-state index contributed by atoms with van der Waals surface area (Å²) in [7, 11) is 0. The van der Waals surface area contributed by atoms with E-state index in [-0.39, 0.29) is 17.9 Å². The van der Waals surface area contributed by atoms with Crippen LogP contribution in [0.2, 0.25) is 0 Å². The Kier molecular flexibility index (Phi) is 2.79. The van der Waals surface area contributed by atoms with Gasteiger partial charge in [0.1, 0.15) is 5.82 Å². The lowest BCUT2D eigenvalue weighted by molar-refractivity contribution is 0.450. The van der Waals surface area contributed by atoms with Crippen molar-refractivity contribution in [3.05, 3.63) is 41.0 Å². The number of tetrazole rings is 1. The molecule has 2 N–H and O–H groups in total. The van der Waals surface area contributed by atoms with Crippen LogP contribution in [0.25, 0.3) is 0 Å². The Morgan fingerprint density at radius 2 is 2.39 bits per heavy atom. The number of aromatic nitrogens is 4. The molecule has 1 heterocycles. The van der Waals surface area contributed by atoms with Crippen molar-refractivity contribution >= 4 is 0 Å². The zero-order valence-corrected chi connectivity index (χ0v) is 10.0. The molecule has 6 heteroatoms. The number of aromatic amines is 1. The molecule has 3 rings (SSSR count). The molecule has 0 aliphatic heterocycles. The fourth-order valence-corrected chi connectivity index (χ4v) is 2.51. The van der Waals surface area contributed by atoms with Crippen LogP contribution in [0.5, 0.6) is 0 Å². The number of nitrogens with one attached hydrogen (secondary N) is 2. The van der Waals surface area contributed by atoms with Crippen LogP contribution in [0, 0.1) is 5.82 Å². The monoisotopic (exact) mass is 247 g/mol. The lowest BCUT2D eigenvalue weighted by atomic mass is 10.1. The fraction of sp³-hybridized carbons (Fsp3) is 0.417. The zero-order valence-electron chi connectivity index (χ0n) is 10.0. The van der Waals surface area contributed by atoms with E-state index >= 15 is 0 Å². The van der Waals surface area contributed by atoms with Crippen molar-refractivity contribution in [2.75, 3.05) is 0 Å². The van der Waals surface area contributed by atoms with Crippen molar-refractivity contribution in [2.45, 2.75) is 31.8 Å². The number of hydrogen-bond donors (Lipinski definition) is 2. The van der Waals surface area contributed by atoms with Crippen molar-refractivity contribution in [1.29, 1.82) is 0 Å². The number of H-pyrrole nitrogens is 1. The highest BCUT2D eigenvalue weighted by Crippen LogP contribution is 2.33. The van der Waals surface area contributed by atoms with Crippen molar-refractivity contribution in [1.82, 2.24) is 25.9 Å². The van der Waals surface area contributed by atoms with Crippen molar-refractivity contribution in [3.8, 4) is 0 Å². The summed E-state index contributed by atoms with van der Waals surface area (Å²) in [6, 6.07) is 5.40. The third-order valence-corrected chi connectivity index (χ3v) is 3.41. The Morgan fingerprint density at radius 3 is 3.17 bits per heavy atom. The maximum atomic E-state index is 13.6. The third-order valence-electron chi connectivity index (χ3n) is 3.41. The predicted octanol–water partition coefficient (Wildman–Crippen LogP) is 1.68. The van der Waals surface area contributed by atoms with Crippen molar-refractivity contribution in [3.63, 3.8) is 0 Å². The van der Waals surface area contributed by atoms with Gasteiger partial charge in [-0.05, 0) is 37.0 Å². The molecular formula is C12H14FN5. The van der Waals surface area contributed by atoms with E-state index in [4.69, 9.17) is 0 Å². The minimum absolute atomic E-state index is 0.0111. The molecule has 2 aromatic rings. The van der Waals surface area contributed by atoms with Crippen LogP contribution in [-0.2, 0) is 6.42 Å². The van der Waals surface area contributed by atoms with Gasteiger partial charge in [-0.2, -0.15) is 5.21 Å². The molecule has 0 spiro atoms. The number of halogens is 1. The summed E-state index contributed by atoms with van der Waals surface area (Å²) in [5.41, 5.74) is 1.88. The summed E-state index contributed by atoms with van der Waals surface area (Å²) >= 11 is 0. The van der Waals surface area contributed by atoms with Crippen LogP contribution in [0.15, 0.2) is 18.2 Å². The number of hydrogen-bond acceptors (Lipinski definition) is 4. The molecular weight excluding hydrogens is 233 g/mol. The second-order valence-electron chi connectivity index (χ2n) is 4.56. The van der Waals surface area contributed by atoms with Crippen molar-refractivity contribution < 1.29 is 4.39 Å². The molecule has 94 valence electrons. The number of nitrogens with zero attached hydrogens (tertiary/aromatic N) is 3. The first kappa shape index (κ1) is 11.3. The summed E-state index contributed by atoms with van der Waals surface area (Å²) in [6.07, 6.45) is 1.68. The second-order valence-corrected chi connectivity index (χ2v) is 4.56. The smallest absolute Gasteiger partial charge is 0.191 e. The highest BCUT2D eigenvalue weighted by molar-refractivity contribution is 5.35. The molecule has 2 atom stereocenters. The van der Waals surface area contributed by atoms with E-state index in [0.717, 1.165) is 24.0 Å². The highest BCUT2D eigenvalue weighted by Gasteiger charge is 2.26. The molecule has 0 saturated heterocycles. The summed E-state index contributed by atoms with van der Waals surface area (Å²) < 4.78 is 13.6. The van der Waals surface area contributed by atoms with Gasteiger partial charge in [-0.3, -0.25) is 0 Å². The van der Waals surface area contributed by atoms with Crippen LogP contribution in [0.3, 0.4) is 0 Å². The van der Waals surface area contributed by atoms with Gasteiger partial charge in [-0.15, -0.1) is 10.2 Å². The molecule has 1 aliphatic carbocycles. The van der Waals surface area contributed by atoms with Crippen LogP contribution < -0.4 is 5.32 Å². The summed E-state index contributed by atoms with van der Waals surface area (Å²) in [6.45, 7) is 1.97.